The normalized spacial score (nSPS) is 30.7. The standard InChI is InChI=1S/C11H15NO3/c1-11(7-12)14-6-10(15-11)8-2-4-9(13)5-3-8/h2-5,10,13H,6-7,12H2,1H3. The monoisotopic (exact) mass is 209 g/mol. The third kappa shape index (κ3) is 2.12. The fourth-order valence-corrected chi connectivity index (χ4v) is 1.58. The fourth-order valence-electron chi connectivity index (χ4n) is 1.58. The molecule has 4 nitrogen and oxygen atoms in total. The summed E-state index contributed by atoms with van der Waals surface area (Å²) in [5.41, 5.74) is 6.53. The van der Waals surface area contributed by atoms with Crippen molar-refractivity contribution in [3.63, 3.8) is 0 Å². The van der Waals surface area contributed by atoms with Crippen molar-refractivity contribution < 1.29 is 14.6 Å². The van der Waals surface area contributed by atoms with E-state index in [-0.39, 0.29) is 11.9 Å². The van der Waals surface area contributed by atoms with Gasteiger partial charge >= 0.3 is 0 Å². The van der Waals surface area contributed by atoms with E-state index in [0.29, 0.717) is 13.2 Å². The Morgan fingerprint density at radius 1 is 1.47 bits per heavy atom. The van der Waals surface area contributed by atoms with E-state index in [9.17, 15) is 0 Å². The molecule has 0 bridgehead atoms. The largest absolute Gasteiger partial charge is 0.508 e. The summed E-state index contributed by atoms with van der Waals surface area (Å²) >= 11 is 0. The number of hydrogen-bond donors (Lipinski definition) is 2. The summed E-state index contributed by atoms with van der Waals surface area (Å²) in [5.74, 6) is -0.429. The molecule has 1 aromatic rings. The van der Waals surface area contributed by atoms with Gasteiger partial charge in [0.1, 0.15) is 11.9 Å². The van der Waals surface area contributed by atoms with Crippen LogP contribution >= 0.6 is 0 Å². The van der Waals surface area contributed by atoms with Crippen LogP contribution in [0.1, 0.15) is 18.6 Å². The van der Waals surface area contributed by atoms with Gasteiger partial charge in [-0.2, -0.15) is 0 Å². The highest BCUT2D eigenvalue weighted by Crippen LogP contribution is 2.32. The maximum Gasteiger partial charge on any atom is 0.178 e. The van der Waals surface area contributed by atoms with Crippen molar-refractivity contribution in [2.75, 3.05) is 13.2 Å². The summed E-state index contributed by atoms with van der Waals surface area (Å²) in [6.07, 6.45) is -0.0980. The lowest BCUT2D eigenvalue weighted by atomic mass is 10.1. The molecular weight excluding hydrogens is 194 g/mol. The van der Waals surface area contributed by atoms with Gasteiger partial charge in [0.25, 0.3) is 0 Å². The Balaban J connectivity index is 2.11. The third-order valence-electron chi connectivity index (χ3n) is 2.57. The smallest absolute Gasteiger partial charge is 0.178 e. The minimum absolute atomic E-state index is 0.0980. The second kappa shape index (κ2) is 3.81. The van der Waals surface area contributed by atoms with Gasteiger partial charge in [0.15, 0.2) is 5.79 Å². The summed E-state index contributed by atoms with van der Waals surface area (Å²) in [7, 11) is 0. The molecule has 2 unspecified atom stereocenters. The Morgan fingerprint density at radius 2 is 2.13 bits per heavy atom. The molecule has 1 aliphatic heterocycles. The molecule has 82 valence electrons. The van der Waals surface area contributed by atoms with E-state index in [1.54, 1.807) is 12.1 Å². The number of hydrogen-bond acceptors (Lipinski definition) is 4. The van der Waals surface area contributed by atoms with Gasteiger partial charge in [-0.1, -0.05) is 12.1 Å². The number of ether oxygens (including phenoxy) is 2. The molecular formula is C11H15NO3. The molecule has 1 fully saturated rings. The van der Waals surface area contributed by atoms with Gasteiger partial charge < -0.3 is 20.3 Å². The first-order chi connectivity index (χ1) is 7.13. The number of phenols is 1. The van der Waals surface area contributed by atoms with Crippen molar-refractivity contribution in [2.45, 2.75) is 18.8 Å². The minimum Gasteiger partial charge on any atom is -0.508 e. The van der Waals surface area contributed by atoms with Crippen molar-refractivity contribution in [1.29, 1.82) is 0 Å². The van der Waals surface area contributed by atoms with Crippen LogP contribution in [-0.2, 0) is 9.47 Å². The predicted octanol–water partition coefficient (Wildman–Crippen LogP) is 1.15. The first-order valence-corrected chi connectivity index (χ1v) is 4.94. The maximum atomic E-state index is 9.16. The fraction of sp³-hybridized carbons (Fsp3) is 0.455. The van der Waals surface area contributed by atoms with Gasteiger partial charge in [-0.25, -0.2) is 0 Å². The van der Waals surface area contributed by atoms with Crippen LogP contribution in [0.4, 0.5) is 0 Å². The van der Waals surface area contributed by atoms with Gasteiger partial charge in [0, 0.05) is 6.54 Å². The average Bonchev–Trinajstić information content (AvgIpc) is 2.63. The van der Waals surface area contributed by atoms with Gasteiger partial charge in [-0.15, -0.1) is 0 Å². The topological polar surface area (TPSA) is 64.7 Å². The first-order valence-electron chi connectivity index (χ1n) is 4.94. The molecule has 0 spiro atoms. The van der Waals surface area contributed by atoms with Crippen molar-refractivity contribution in [2.24, 2.45) is 5.73 Å². The highest BCUT2D eigenvalue weighted by atomic mass is 16.7. The molecule has 1 aliphatic rings. The van der Waals surface area contributed by atoms with Crippen LogP contribution in [0, 0.1) is 0 Å². The number of benzene rings is 1. The van der Waals surface area contributed by atoms with Crippen LogP contribution in [0.25, 0.3) is 0 Å². The van der Waals surface area contributed by atoms with Gasteiger partial charge in [0.2, 0.25) is 0 Å². The lowest BCUT2D eigenvalue weighted by molar-refractivity contribution is -0.145. The summed E-state index contributed by atoms with van der Waals surface area (Å²) in [6, 6.07) is 6.92. The van der Waals surface area contributed by atoms with Crippen LogP contribution in [0.15, 0.2) is 24.3 Å². The zero-order valence-corrected chi connectivity index (χ0v) is 8.64. The van der Waals surface area contributed by atoms with Crippen LogP contribution < -0.4 is 5.73 Å². The van der Waals surface area contributed by atoms with E-state index in [1.807, 2.05) is 19.1 Å². The van der Waals surface area contributed by atoms with Crippen molar-refractivity contribution in [1.82, 2.24) is 0 Å². The number of rotatable bonds is 2. The Morgan fingerprint density at radius 3 is 2.67 bits per heavy atom. The Kier molecular flexibility index (Phi) is 2.65. The lowest BCUT2D eigenvalue weighted by Gasteiger charge is -2.20. The van der Waals surface area contributed by atoms with Crippen molar-refractivity contribution in [3.8, 4) is 5.75 Å². The Bertz CT molecular complexity index is 338. The first kappa shape index (κ1) is 10.4. The average molecular weight is 209 g/mol. The van der Waals surface area contributed by atoms with Crippen LogP contribution in [0.3, 0.4) is 0 Å². The van der Waals surface area contributed by atoms with E-state index in [2.05, 4.69) is 0 Å². The van der Waals surface area contributed by atoms with E-state index >= 15 is 0 Å². The van der Waals surface area contributed by atoms with Gasteiger partial charge in [0.05, 0.1) is 6.61 Å². The highest BCUT2D eigenvalue weighted by molar-refractivity contribution is 5.27. The molecule has 2 rings (SSSR count). The molecule has 0 aliphatic carbocycles. The van der Waals surface area contributed by atoms with Crippen LogP contribution in [0.5, 0.6) is 5.75 Å². The summed E-state index contributed by atoms with van der Waals surface area (Å²) in [5, 5.41) is 9.16. The molecule has 0 saturated carbocycles. The Labute approximate surface area is 88.6 Å². The molecule has 1 aromatic carbocycles. The second-order valence-electron chi connectivity index (χ2n) is 3.85. The molecule has 1 heterocycles. The van der Waals surface area contributed by atoms with Crippen molar-refractivity contribution >= 4 is 0 Å². The predicted molar refractivity (Wildman–Crippen MR) is 55.3 cm³/mol. The Hall–Kier alpha value is -1.10. The molecule has 15 heavy (non-hydrogen) atoms. The molecule has 0 radical (unpaired) electrons. The van der Waals surface area contributed by atoms with Gasteiger partial charge in [-0.3, -0.25) is 0 Å². The van der Waals surface area contributed by atoms with E-state index in [4.69, 9.17) is 20.3 Å². The number of nitrogens with two attached hydrogens (primary N) is 1. The second-order valence-corrected chi connectivity index (χ2v) is 3.85. The highest BCUT2D eigenvalue weighted by Gasteiger charge is 2.36. The molecule has 4 heteroatoms. The third-order valence-corrected chi connectivity index (χ3v) is 2.57. The number of phenolic OH excluding ortho intramolecular Hbond substituents is 1. The molecule has 0 aromatic heterocycles. The summed E-state index contributed by atoms with van der Waals surface area (Å²) < 4.78 is 11.2. The zero-order valence-electron chi connectivity index (χ0n) is 8.64. The van der Waals surface area contributed by atoms with E-state index in [0.717, 1.165) is 5.56 Å². The molecule has 0 amide bonds. The van der Waals surface area contributed by atoms with Crippen LogP contribution in [0.2, 0.25) is 0 Å². The quantitative estimate of drug-likeness (QED) is 0.767. The minimum atomic E-state index is -0.678. The van der Waals surface area contributed by atoms with E-state index < -0.39 is 5.79 Å². The van der Waals surface area contributed by atoms with Crippen molar-refractivity contribution in [3.05, 3.63) is 29.8 Å². The SMILES string of the molecule is CC1(CN)OCC(c2ccc(O)cc2)O1. The molecule has 1 saturated heterocycles. The zero-order chi connectivity index (χ0) is 10.9. The lowest BCUT2D eigenvalue weighted by Crippen LogP contribution is -2.35. The van der Waals surface area contributed by atoms with E-state index in [1.165, 1.54) is 0 Å². The number of aromatic hydroxyl groups is 1. The molecule has 3 N–H and O–H groups in total. The van der Waals surface area contributed by atoms with Crippen LogP contribution in [-0.4, -0.2) is 24.0 Å². The molecule has 2 atom stereocenters. The summed E-state index contributed by atoms with van der Waals surface area (Å²) in [6.45, 7) is 2.66. The maximum absolute atomic E-state index is 9.16. The summed E-state index contributed by atoms with van der Waals surface area (Å²) in [4.78, 5) is 0. The van der Waals surface area contributed by atoms with Gasteiger partial charge in [-0.05, 0) is 24.6 Å².